The van der Waals surface area contributed by atoms with Crippen molar-refractivity contribution in [2.75, 3.05) is 5.73 Å². The van der Waals surface area contributed by atoms with Gasteiger partial charge in [0.1, 0.15) is 5.82 Å². The zero-order valence-electron chi connectivity index (χ0n) is 10.3. The van der Waals surface area contributed by atoms with E-state index in [0.29, 0.717) is 28.5 Å². The van der Waals surface area contributed by atoms with Gasteiger partial charge in [0.15, 0.2) is 0 Å². The third-order valence-corrected chi connectivity index (χ3v) is 3.57. The molecule has 1 aromatic heterocycles. The predicted molar refractivity (Wildman–Crippen MR) is 79.7 cm³/mol. The number of nitrogens with two attached hydrogens (primary N) is 1. The first kappa shape index (κ1) is 13.2. The lowest BCUT2D eigenvalue weighted by Crippen LogP contribution is -2.04. The van der Waals surface area contributed by atoms with Crippen molar-refractivity contribution in [3.05, 3.63) is 57.8 Å². The van der Waals surface area contributed by atoms with Gasteiger partial charge in [-0.1, -0.05) is 35.3 Å². The van der Waals surface area contributed by atoms with E-state index in [2.05, 4.69) is 4.98 Å². The molecule has 0 saturated carbocycles. The van der Waals surface area contributed by atoms with Gasteiger partial charge in [0.2, 0.25) is 5.95 Å². The van der Waals surface area contributed by atoms with Crippen LogP contribution in [0.2, 0.25) is 10.0 Å². The van der Waals surface area contributed by atoms with Crippen molar-refractivity contribution in [1.29, 1.82) is 0 Å². The van der Waals surface area contributed by atoms with Crippen LogP contribution in [0.3, 0.4) is 0 Å². The standard InChI is InChI=1S/C14H10Cl2FN3/c15-9-3-1-2-8(4-9)7-20-13-6-11(17)10(16)5-12(13)19-14(20)18/h1-6H,7H2,(H2,18,19). The number of imidazole rings is 1. The van der Waals surface area contributed by atoms with Crippen LogP contribution in [0.4, 0.5) is 10.3 Å². The van der Waals surface area contributed by atoms with Gasteiger partial charge in [0.05, 0.1) is 22.6 Å². The predicted octanol–water partition coefficient (Wildman–Crippen LogP) is 4.11. The molecule has 0 spiro atoms. The average molecular weight is 310 g/mol. The van der Waals surface area contributed by atoms with Crippen molar-refractivity contribution < 1.29 is 4.39 Å². The Labute approximate surface area is 124 Å². The zero-order valence-corrected chi connectivity index (χ0v) is 11.8. The number of anilines is 1. The van der Waals surface area contributed by atoms with Crippen LogP contribution in [0.5, 0.6) is 0 Å². The SMILES string of the molecule is Nc1nc2cc(Cl)c(F)cc2n1Cc1cccc(Cl)c1. The molecule has 0 aliphatic rings. The summed E-state index contributed by atoms with van der Waals surface area (Å²) in [5.74, 6) is -0.187. The molecule has 2 N–H and O–H groups in total. The number of hydrogen-bond acceptors (Lipinski definition) is 2. The van der Waals surface area contributed by atoms with Crippen LogP contribution in [0, 0.1) is 5.82 Å². The van der Waals surface area contributed by atoms with E-state index in [1.165, 1.54) is 12.1 Å². The minimum atomic E-state index is -0.494. The molecule has 2 aromatic carbocycles. The van der Waals surface area contributed by atoms with Crippen molar-refractivity contribution in [3.8, 4) is 0 Å². The van der Waals surface area contributed by atoms with Gasteiger partial charge in [0.25, 0.3) is 0 Å². The normalized spacial score (nSPS) is 11.2. The second-order valence-corrected chi connectivity index (χ2v) is 5.28. The summed E-state index contributed by atoms with van der Waals surface area (Å²) in [4.78, 5) is 4.19. The van der Waals surface area contributed by atoms with Crippen LogP contribution in [0.1, 0.15) is 5.56 Å². The van der Waals surface area contributed by atoms with E-state index in [9.17, 15) is 4.39 Å². The monoisotopic (exact) mass is 309 g/mol. The number of rotatable bonds is 2. The van der Waals surface area contributed by atoms with Crippen LogP contribution in [-0.4, -0.2) is 9.55 Å². The summed E-state index contributed by atoms with van der Waals surface area (Å²) in [6.45, 7) is 0.462. The Morgan fingerprint density at radius 2 is 2.00 bits per heavy atom. The van der Waals surface area contributed by atoms with E-state index >= 15 is 0 Å². The molecule has 1 heterocycles. The second-order valence-electron chi connectivity index (χ2n) is 4.44. The Bertz CT molecular complexity index is 798. The topological polar surface area (TPSA) is 43.8 Å². The van der Waals surface area contributed by atoms with E-state index in [1.54, 1.807) is 10.6 Å². The first-order chi connectivity index (χ1) is 9.54. The summed E-state index contributed by atoms with van der Waals surface area (Å²) in [5.41, 5.74) is 8.02. The number of nitrogens with zero attached hydrogens (tertiary/aromatic N) is 2. The number of aromatic nitrogens is 2. The third-order valence-electron chi connectivity index (χ3n) is 3.05. The van der Waals surface area contributed by atoms with Gasteiger partial charge in [-0.15, -0.1) is 0 Å². The van der Waals surface area contributed by atoms with Gasteiger partial charge in [-0.05, 0) is 23.8 Å². The van der Waals surface area contributed by atoms with Crippen molar-refractivity contribution in [1.82, 2.24) is 9.55 Å². The van der Waals surface area contributed by atoms with E-state index < -0.39 is 5.82 Å². The molecule has 0 aliphatic carbocycles. The van der Waals surface area contributed by atoms with Crippen molar-refractivity contribution in [2.45, 2.75) is 6.54 Å². The van der Waals surface area contributed by atoms with E-state index in [-0.39, 0.29) is 5.02 Å². The molecule has 102 valence electrons. The second kappa shape index (κ2) is 4.96. The molecule has 0 unspecified atom stereocenters. The minimum absolute atomic E-state index is 0.0323. The Morgan fingerprint density at radius 3 is 2.75 bits per heavy atom. The molecule has 0 saturated heterocycles. The molecule has 0 radical (unpaired) electrons. The molecule has 3 aromatic rings. The Hall–Kier alpha value is -1.78. The molecule has 3 rings (SSSR count). The highest BCUT2D eigenvalue weighted by Crippen LogP contribution is 2.25. The first-order valence-corrected chi connectivity index (χ1v) is 6.65. The molecule has 0 fully saturated rings. The maximum Gasteiger partial charge on any atom is 0.201 e. The van der Waals surface area contributed by atoms with Crippen LogP contribution in [0.15, 0.2) is 36.4 Å². The molecule has 6 heteroatoms. The maximum atomic E-state index is 13.6. The fourth-order valence-electron chi connectivity index (χ4n) is 2.12. The summed E-state index contributed by atoms with van der Waals surface area (Å²) in [6.07, 6.45) is 0. The lowest BCUT2D eigenvalue weighted by molar-refractivity contribution is 0.629. The smallest absolute Gasteiger partial charge is 0.201 e. The quantitative estimate of drug-likeness (QED) is 0.774. The highest BCUT2D eigenvalue weighted by atomic mass is 35.5. The largest absolute Gasteiger partial charge is 0.369 e. The fourth-order valence-corrected chi connectivity index (χ4v) is 2.49. The molecule has 0 bridgehead atoms. The van der Waals surface area contributed by atoms with Crippen LogP contribution in [-0.2, 0) is 6.54 Å². The summed E-state index contributed by atoms with van der Waals surface area (Å²) in [7, 11) is 0. The Balaban J connectivity index is 2.11. The van der Waals surface area contributed by atoms with Crippen molar-refractivity contribution in [3.63, 3.8) is 0 Å². The summed E-state index contributed by atoms with van der Waals surface area (Å²) in [5, 5.41) is 0.671. The van der Waals surface area contributed by atoms with Gasteiger partial charge in [0, 0.05) is 11.1 Å². The molecule has 0 aliphatic heterocycles. The number of nitrogen functional groups attached to an aromatic ring is 1. The molecule has 3 nitrogen and oxygen atoms in total. The van der Waals surface area contributed by atoms with E-state index in [0.717, 1.165) is 5.56 Å². The van der Waals surface area contributed by atoms with E-state index in [1.807, 2.05) is 18.2 Å². The number of benzene rings is 2. The first-order valence-electron chi connectivity index (χ1n) is 5.90. The van der Waals surface area contributed by atoms with Crippen LogP contribution >= 0.6 is 23.2 Å². The fraction of sp³-hybridized carbons (Fsp3) is 0.0714. The summed E-state index contributed by atoms with van der Waals surface area (Å²) >= 11 is 11.7. The van der Waals surface area contributed by atoms with Gasteiger partial charge in [-0.2, -0.15) is 0 Å². The number of halogens is 3. The third kappa shape index (κ3) is 2.32. The van der Waals surface area contributed by atoms with Crippen LogP contribution < -0.4 is 5.73 Å². The highest BCUT2D eigenvalue weighted by molar-refractivity contribution is 6.31. The minimum Gasteiger partial charge on any atom is -0.369 e. The van der Waals surface area contributed by atoms with Gasteiger partial charge in [-0.3, -0.25) is 0 Å². The van der Waals surface area contributed by atoms with Gasteiger partial charge >= 0.3 is 0 Å². The molecule has 0 amide bonds. The van der Waals surface area contributed by atoms with Crippen LogP contribution in [0.25, 0.3) is 11.0 Å². The summed E-state index contributed by atoms with van der Waals surface area (Å²) < 4.78 is 15.3. The number of hydrogen-bond donors (Lipinski definition) is 1. The highest BCUT2D eigenvalue weighted by Gasteiger charge is 2.12. The lowest BCUT2D eigenvalue weighted by atomic mass is 10.2. The van der Waals surface area contributed by atoms with Crippen molar-refractivity contribution >= 4 is 40.2 Å². The zero-order chi connectivity index (χ0) is 14.3. The molecule has 0 atom stereocenters. The summed E-state index contributed by atoms with van der Waals surface area (Å²) in [6, 6.07) is 10.2. The van der Waals surface area contributed by atoms with Gasteiger partial charge in [-0.25, -0.2) is 9.37 Å². The molecule has 20 heavy (non-hydrogen) atoms. The Kier molecular flexibility index (Phi) is 3.28. The Morgan fingerprint density at radius 1 is 1.20 bits per heavy atom. The molecular formula is C14H10Cl2FN3. The number of fused-ring (bicyclic) bond motifs is 1. The van der Waals surface area contributed by atoms with E-state index in [4.69, 9.17) is 28.9 Å². The average Bonchev–Trinajstić information content (AvgIpc) is 2.67. The van der Waals surface area contributed by atoms with Crippen molar-refractivity contribution in [2.24, 2.45) is 0 Å². The van der Waals surface area contributed by atoms with Gasteiger partial charge < -0.3 is 10.3 Å². The lowest BCUT2D eigenvalue weighted by Gasteiger charge is -2.07. The maximum absolute atomic E-state index is 13.6. The molecular weight excluding hydrogens is 300 g/mol.